The highest BCUT2D eigenvalue weighted by Gasteiger charge is 1.82. The summed E-state index contributed by atoms with van der Waals surface area (Å²) in [5.41, 5.74) is 0. The summed E-state index contributed by atoms with van der Waals surface area (Å²) in [6.45, 7) is 0. The van der Waals surface area contributed by atoms with Gasteiger partial charge < -0.3 is 0 Å². The molecule has 0 spiro atoms. The molecule has 0 aromatic heterocycles. The Kier molecular flexibility index (Phi) is 5.87. The molecule has 0 heteroatoms. The maximum Gasteiger partial charge on any atom is -0.0163 e. The van der Waals surface area contributed by atoms with Crippen LogP contribution in [0.25, 0.3) is 0 Å². The summed E-state index contributed by atoms with van der Waals surface area (Å²) < 4.78 is 0. The summed E-state index contributed by atoms with van der Waals surface area (Å²) in [5, 5.41) is 0. The first kappa shape index (κ1) is 10.0. The molecule has 1 rings (SSSR count). The van der Waals surface area contributed by atoms with Gasteiger partial charge in [0.05, 0.1) is 0 Å². The molecule has 0 saturated heterocycles. The van der Waals surface area contributed by atoms with Crippen LogP contribution in [-0.2, 0) is 0 Å². The minimum atomic E-state index is 1.04. The van der Waals surface area contributed by atoms with Crippen LogP contribution in [0.4, 0.5) is 0 Å². The van der Waals surface area contributed by atoms with E-state index in [1.807, 2.05) is 0 Å². The van der Waals surface area contributed by atoms with E-state index in [2.05, 4.69) is 48.6 Å². The summed E-state index contributed by atoms with van der Waals surface area (Å²) >= 11 is 0. The van der Waals surface area contributed by atoms with E-state index < -0.39 is 0 Å². The number of rotatable bonds is 0. The SMILES string of the molecule is C1=C\C/C=C/C=C/CCCC/C=C/1. The predicted octanol–water partition coefficient (Wildman–Crippen LogP) is 4.18. The first-order valence-corrected chi connectivity index (χ1v) is 5.13. The molecule has 0 unspecified atom stereocenters. The second-order valence-electron chi connectivity index (χ2n) is 3.23. The van der Waals surface area contributed by atoms with Crippen LogP contribution in [0.1, 0.15) is 32.1 Å². The minimum Gasteiger partial charge on any atom is -0.0845 e. The van der Waals surface area contributed by atoms with Crippen molar-refractivity contribution in [3.05, 3.63) is 48.6 Å². The van der Waals surface area contributed by atoms with Crippen LogP contribution in [0.5, 0.6) is 0 Å². The number of hydrogen-bond donors (Lipinski definition) is 0. The molecular formula is C13H18. The van der Waals surface area contributed by atoms with Gasteiger partial charge in [-0.15, -0.1) is 0 Å². The summed E-state index contributed by atoms with van der Waals surface area (Å²) in [7, 11) is 0. The van der Waals surface area contributed by atoms with Crippen LogP contribution in [0.3, 0.4) is 0 Å². The van der Waals surface area contributed by atoms with E-state index in [1.165, 1.54) is 25.7 Å². The molecule has 0 nitrogen and oxygen atoms in total. The van der Waals surface area contributed by atoms with Crippen molar-refractivity contribution in [3.8, 4) is 0 Å². The van der Waals surface area contributed by atoms with E-state index in [-0.39, 0.29) is 0 Å². The average Bonchev–Trinajstić information content (AvgIpc) is 2.18. The Morgan fingerprint density at radius 2 is 1.00 bits per heavy atom. The lowest BCUT2D eigenvalue weighted by molar-refractivity contribution is 0.762. The zero-order valence-electron chi connectivity index (χ0n) is 8.15. The van der Waals surface area contributed by atoms with Crippen molar-refractivity contribution in [2.45, 2.75) is 32.1 Å². The van der Waals surface area contributed by atoms with Crippen molar-refractivity contribution in [1.82, 2.24) is 0 Å². The van der Waals surface area contributed by atoms with Crippen molar-refractivity contribution in [1.29, 1.82) is 0 Å². The van der Waals surface area contributed by atoms with Gasteiger partial charge in [-0.2, -0.15) is 0 Å². The van der Waals surface area contributed by atoms with Crippen molar-refractivity contribution in [2.75, 3.05) is 0 Å². The third-order valence-electron chi connectivity index (χ3n) is 2.03. The lowest BCUT2D eigenvalue weighted by atomic mass is 10.2. The molecule has 0 aliphatic heterocycles. The maximum atomic E-state index is 2.25. The lowest BCUT2D eigenvalue weighted by Crippen LogP contribution is -1.71. The van der Waals surface area contributed by atoms with Gasteiger partial charge in [-0.1, -0.05) is 48.6 Å². The molecule has 0 amide bonds. The molecule has 1 aliphatic carbocycles. The van der Waals surface area contributed by atoms with E-state index in [0.29, 0.717) is 0 Å². The summed E-state index contributed by atoms with van der Waals surface area (Å²) in [4.78, 5) is 0. The smallest absolute Gasteiger partial charge is 0.0163 e. The van der Waals surface area contributed by atoms with Gasteiger partial charge in [0.1, 0.15) is 0 Å². The summed E-state index contributed by atoms with van der Waals surface area (Å²) in [6.07, 6.45) is 23.5. The topological polar surface area (TPSA) is 0 Å². The zero-order chi connectivity index (χ0) is 9.19. The zero-order valence-corrected chi connectivity index (χ0v) is 8.15. The fraction of sp³-hybridized carbons (Fsp3) is 0.385. The first-order valence-electron chi connectivity index (χ1n) is 5.13. The summed E-state index contributed by atoms with van der Waals surface area (Å²) in [6, 6.07) is 0. The van der Waals surface area contributed by atoms with E-state index in [4.69, 9.17) is 0 Å². The fourth-order valence-corrected chi connectivity index (χ4v) is 1.27. The average molecular weight is 174 g/mol. The van der Waals surface area contributed by atoms with Crippen LogP contribution in [0.2, 0.25) is 0 Å². The van der Waals surface area contributed by atoms with Crippen LogP contribution in [0.15, 0.2) is 48.6 Å². The molecule has 0 fully saturated rings. The number of allylic oxidation sites excluding steroid dienone is 8. The fourth-order valence-electron chi connectivity index (χ4n) is 1.27. The minimum absolute atomic E-state index is 1.04. The van der Waals surface area contributed by atoms with Crippen molar-refractivity contribution in [3.63, 3.8) is 0 Å². The Bertz CT molecular complexity index is 192. The third-order valence-corrected chi connectivity index (χ3v) is 2.03. The summed E-state index contributed by atoms with van der Waals surface area (Å²) in [5.74, 6) is 0. The van der Waals surface area contributed by atoms with Crippen LogP contribution in [0, 0.1) is 0 Å². The maximum absolute atomic E-state index is 2.25. The molecule has 0 bridgehead atoms. The lowest BCUT2D eigenvalue weighted by Gasteiger charge is -1.91. The molecule has 0 N–H and O–H groups in total. The highest BCUT2D eigenvalue weighted by Crippen LogP contribution is 2.02. The molecule has 0 saturated carbocycles. The van der Waals surface area contributed by atoms with Gasteiger partial charge in [-0.05, 0) is 32.1 Å². The molecule has 0 heterocycles. The van der Waals surface area contributed by atoms with Gasteiger partial charge in [0, 0.05) is 0 Å². The molecular weight excluding hydrogens is 156 g/mol. The van der Waals surface area contributed by atoms with Gasteiger partial charge in [0.25, 0.3) is 0 Å². The first-order chi connectivity index (χ1) is 6.50. The quantitative estimate of drug-likeness (QED) is 0.517. The molecule has 0 radical (unpaired) electrons. The Morgan fingerprint density at radius 3 is 1.54 bits per heavy atom. The van der Waals surface area contributed by atoms with Gasteiger partial charge in [0.2, 0.25) is 0 Å². The van der Waals surface area contributed by atoms with Gasteiger partial charge in [-0.25, -0.2) is 0 Å². The van der Waals surface area contributed by atoms with E-state index >= 15 is 0 Å². The molecule has 0 atom stereocenters. The molecule has 0 aromatic carbocycles. The van der Waals surface area contributed by atoms with Crippen LogP contribution >= 0.6 is 0 Å². The number of hydrogen-bond acceptors (Lipinski definition) is 0. The van der Waals surface area contributed by atoms with Gasteiger partial charge in [-0.3, -0.25) is 0 Å². The van der Waals surface area contributed by atoms with Crippen molar-refractivity contribution in [2.24, 2.45) is 0 Å². The van der Waals surface area contributed by atoms with Crippen LogP contribution in [-0.4, -0.2) is 0 Å². The normalized spacial score (nSPS) is 28.9. The second-order valence-corrected chi connectivity index (χ2v) is 3.23. The highest BCUT2D eigenvalue weighted by atomic mass is 13.9. The van der Waals surface area contributed by atoms with Crippen molar-refractivity contribution < 1.29 is 0 Å². The van der Waals surface area contributed by atoms with E-state index in [1.54, 1.807) is 0 Å². The Balaban J connectivity index is 2.38. The molecule has 13 heavy (non-hydrogen) atoms. The van der Waals surface area contributed by atoms with E-state index in [9.17, 15) is 0 Å². The Labute approximate surface area is 81.4 Å². The Hall–Kier alpha value is -1.04. The van der Waals surface area contributed by atoms with Crippen LogP contribution < -0.4 is 0 Å². The van der Waals surface area contributed by atoms with Gasteiger partial charge >= 0.3 is 0 Å². The predicted molar refractivity (Wildman–Crippen MR) is 59.6 cm³/mol. The molecule has 70 valence electrons. The van der Waals surface area contributed by atoms with E-state index in [0.717, 1.165) is 6.42 Å². The van der Waals surface area contributed by atoms with Crippen molar-refractivity contribution >= 4 is 0 Å². The highest BCUT2D eigenvalue weighted by molar-refractivity contribution is 5.08. The largest absolute Gasteiger partial charge is 0.0845 e. The monoisotopic (exact) mass is 174 g/mol. The third kappa shape index (κ3) is 6.15. The second kappa shape index (κ2) is 7.60. The standard InChI is InChI=1S/C13H18/c1-2-4-6-8-10-12-13-11-9-7-5-3-1/h1-4,7,9,11,13H,5-6,8,10,12H2/b3-1-,4-2+,9-7+,13-11+. The molecule has 0 aromatic rings. The van der Waals surface area contributed by atoms with Gasteiger partial charge in [0.15, 0.2) is 0 Å². The molecule has 1 aliphatic rings. The Morgan fingerprint density at radius 1 is 0.538 bits per heavy atom.